The van der Waals surface area contributed by atoms with Gasteiger partial charge in [-0.15, -0.1) is 11.3 Å². The van der Waals surface area contributed by atoms with Crippen molar-refractivity contribution >= 4 is 22.7 Å². The van der Waals surface area contributed by atoms with Gasteiger partial charge >= 0.3 is 0 Å². The van der Waals surface area contributed by atoms with E-state index < -0.39 is 0 Å². The fourth-order valence-corrected chi connectivity index (χ4v) is 4.68. The van der Waals surface area contributed by atoms with Crippen LogP contribution in [0.5, 0.6) is 0 Å². The van der Waals surface area contributed by atoms with Crippen LogP contribution < -0.4 is 5.32 Å². The van der Waals surface area contributed by atoms with Crippen molar-refractivity contribution in [2.75, 3.05) is 6.54 Å². The lowest BCUT2D eigenvalue weighted by Crippen LogP contribution is -2.20. The summed E-state index contributed by atoms with van der Waals surface area (Å²) in [6, 6.07) is 5.16. The fraction of sp³-hybridized carbons (Fsp3) is 0.500. The summed E-state index contributed by atoms with van der Waals surface area (Å²) < 4.78 is 0. The summed E-state index contributed by atoms with van der Waals surface area (Å²) in [4.78, 5) is 3.17. The molecular formula is C16H21NS2. The zero-order chi connectivity index (χ0) is 13.1. The third kappa shape index (κ3) is 3.28. The van der Waals surface area contributed by atoms with Gasteiger partial charge in [-0.25, -0.2) is 0 Å². The van der Waals surface area contributed by atoms with Gasteiger partial charge in [0.2, 0.25) is 0 Å². The Hall–Kier alpha value is -0.640. The van der Waals surface area contributed by atoms with E-state index in [1.165, 1.54) is 36.1 Å². The number of hydrogen-bond donors (Lipinski definition) is 1. The highest BCUT2D eigenvalue weighted by Crippen LogP contribution is 2.32. The monoisotopic (exact) mass is 291 g/mol. The number of fused-ring (bicyclic) bond motifs is 1. The van der Waals surface area contributed by atoms with E-state index in [1.54, 1.807) is 21.8 Å². The van der Waals surface area contributed by atoms with E-state index in [9.17, 15) is 0 Å². The van der Waals surface area contributed by atoms with Gasteiger partial charge in [-0.05, 0) is 79.6 Å². The summed E-state index contributed by atoms with van der Waals surface area (Å²) in [5, 5.41) is 8.07. The highest BCUT2D eigenvalue weighted by atomic mass is 32.1. The first-order valence-electron chi connectivity index (χ1n) is 7.19. The molecule has 1 N–H and O–H groups in total. The third-order valence-corrected chi connectivity index (χ3v) is 6.04. The molecule has 1 aliphatic rings. The lowest BCUT2D eigenvalue weighted by molar-refractivity contribution is 0.584. The van der Waals surface area contributed by atoms with Crippen molar-refractivity contribution in [3.05, 3.63) is 43.8 Å². The van der Waals surface area contributed by atoms with Gasteiger partial charge < -0.3 is 5.32 Å². The van der Waals surface area contributed by atoms with Crippen LogP contribution in [0.2, 0.25) is 0 Å². The van der Waals surface area contributed by atoms with Gasteiger partial charge in [0, 0.05) is 15.8 Å². The normalized spacial score (nSPS) is 16.3. The van der Waals surface area contributed by atoms with Crippen molar-refractivity contribution in [3.8, 4) is 0 Å². The van der Waals surface area contributed by atoms with Crippen molar-refractivity contribution in [2.45, 2.75) is 45.1 Å². The number of nitrogens with one attached hydrogen (secondary N) is 1. The zero-order valence-corrected chi connectivity index (χ0v) is 13.1. The van der Waals surface area contributed by atoms with E-state index >= 15 is 0 Å². The Bertz CT molecular complexity index is 489. The molecule has 2 heterocycles. The number of thiophene rings is 2. The van der Waals surface area contributed by atoms with Gasteiger partial charge in [0.15, 0.2) is 0 Å². The average Bonchev–Trinajstić information content (AvgIpc) is 3.07. The Balaban J connectivity index is 1.54. The maximum Gasteiger partial charge on any atom is 0.0386 e. The molecule has 1 unspecified atom stereocenters. The van der Waals surface area contributed by atoms with Crippen LogP contribution in [0, 0.1) is 0 Å². The SMILES string of the molecule is CC(NCCc1ccsc1)c1cc2c(s1)CCCC2. The number of aryl methyl sites for hydroxylation is 2. The first-order chi connectivity index (χ1) is 9.33. The maximum atomic E-state index is 3.66. The summed E-state index contributed by atoms with van der Waals surface area (Å²) in [6.45, 7) is 3.37. The molecule has 0 spiro atoms. The third-order valence-electron chi connectivity index (χ3n) is 3.89. The Morgan fingerprint density at radius 2 is 2.21 bits per heavy atom. The van der Waals surface area contributed by atoms with Crippen LogP contribution >= 0.6 is 22.7 Å². The molecule has 1 nitrogen and oxygen atoms in total. The Morgan fingerprint density at radius 1 is 1.32 bits per heavy atom. The zero-order valence-electron chi connectivity index (χ0n) is 11.4. The molecule has 0 radical (unpaired) electrons. The van der Waals surface area contributed by atoms with Crippen LogP contribution in [0.4, 0.5) is 0 Å². The van der Waals surface area contributed by atoms with Crippen LogP contribution in [0.25, 0.3) is 0 Å². The Morgan fingerprint density at radius 3 is 3.00 bits per heavy atom. The predicted octanol–water partition coefficient (Wildman–Crippen LogP) is 4.58. The van der Waals surface area contributed by atoms with Gasteiger partial charge in [-0.3, -0.25) is 0 Å². The summed E-state index contributed by atoms with van der Waals surface area (Å²) >= 11 is 3.82. The molecule has 1 aliphatic carbocycles. The van der Waals surface area contributed by atoms with E-state index in [0.29, 0.717) is 6.04 Å². The second kappa shape index (κ2) is 6.21. The first-order valence-corrected chi connectivity index (χ1v) is 8.95. The van der Waals surface area contributed by atoms with Crippen LogP contribution in [-0.4, -0.2) is 6.54 Å². The summed E-state index contributed by atoms with van der Waals surface area (Å²) in [5.41, 5.74) is 3.08. The minimum Gasteiger partial charge on any atom is -0.309 e. The second-order valence-electron chi connectivity index (χ2n) is 5.36. The van der Waals surface area contributed by atoms with Crippen LogP contribution in [0.15, 0.2) is 22.9 Å². The van der Waals surface area contributed by atoms with Gasteiger partial charge in [0.25, 0.3) is 0 Å². The second-order valence-corrected chi connectivity index (χ2v) is 7.31. The predicted molar refractivity (Wildman–Crippen MR) is 85.4 cm³/mol. The lowest BCUT2D eigenvalue weighted by atomic mass is 9.99. The molecule has 0 amide bonds. The molecule has 3 rings (SSSR count). The average molecular weight is 291 g/mol. The van der Waals surface area contributed by atoms with E-state index in [0.717, 1.165) is 13.0 Å². The van der Waals surface area contributed by atoms with E-state index in [1.807, 2.05) is 11.3 Å². The van der Waals surface area contributed by atoms with Crippen molar-refractivity contribution in [2.24, 2.45) is 0 Å². The van der Waals surface area contributed by atoms with Gasteiger partial charge in [-0.2, -0.15) is 11.3 Å². The summed E-state index contributed by atoms with van der Waals surface area (Å²) in [7, 11) is 0. The summed E-state index contributed by atoms with van der Waals surface area (Å²) in [5.74, 6) is 0. The van der Waals surface area contributed by atoms with Crippen LogP contribution in [0.1, 0.15) is 46.7 Å². The minimum atomic E-state index is 0.495. The maximum absolute atomic E-state index is 3.66. The van der Waals surface area contributed by atoms with Crippen molar-refractivity contribution in [1.82, 2.24) is 5.32 Å². The molecule has 1 atom stereocenters. The molecule has 0 fully saturated rings. The molecule has 0 bridgehead atoms. The molecule has 0 saturated carbocycles. The van der Waals surface area contributed by atoms with Crippen molar-refractivity contribution in [1.29, 1.82) is 0 Å². The molecule has 0 saturated heterocycles. The quantitative estimate of drug-likeness (QED) is 0.850. The molecule has 2 aromatic rings. The molecule has 19 heavy (non-hydrogen) atoms. The highest BCUT2D eigenvalue weighted by Gasteiger charge is 2.16. The standard InChI is InChI=1S/C16H21NS2/c1-12(17-8-6-13-7-9-18-11-13)16-10-14-4-2-3-5-15(14)19-16/h7,9-12,17H,2-6,8H2,1H3. The van der Waals surface area contributed by atoms with Gasteiger partial charge in [-0.1, -0.05) is 0 Å². The molecule has 0 aromatic carbocycles. The van der Waals surface area contributed by atoms with Crippen molar-refractivity contribution < 1.29 is 0 Å². The Labute approximate surface area is 123 Å². The van der Waals surface area contributed by atoms with E-state index in [-0.39, 0.29) is 0 Å². The summed E-state index contributed by atoms with van der Waals surface area (Å²) in [6.07, 6.45) is 6.50. The molecule has 0 aliphatic heterocycles. The fourth-order valence-electron chi connectivity index (χ4n) is 2.70. The minimum absolute atomic E-state index is 0.495. The van der Waals surface area contributed by atoms with Crippen LogP contribution in [-0.2, 0) is 19.3 Å². The van der Waals surface area contributed by atoms with Crippen molar-refractivity contribution in [3.63, 3.8) is 0 Å². The molecular weight excluding hydrogens is 270 g/mol. The molecule has 3 heteroatoms. The van der Waals surface area contributed by atoms with E-state index in [4.69, 9.17) is 0 Å². The van der Waals surface area contributed by atoms with Gasteiger partial charge in [0.05, 0.1) is 0 Å². The molecule has 2 aromatic heterocycles. The smallest absolute Gasteiger partial charge is 0.0386 e. The topological polar surface area (TPSA) is 12.0 Å². The van der Waals surface area contributed by atoms with Gasteiger partial charge in [0.1, 0.15) is 0 Å². The highest BCUT2D eigenvalue weighted by molar-refractivity contribution is 7.12. The van der Waals surface area contributed by atoms with Crippen LogP contribution in [0.3, 0.4) is 0 Å². The Kier molecular flexibility index (Phi) is 4.36. The lowest BCUT2D eigenvalue weighted by Gasteiger charge is -2.11. The van der Waals surface area contributed by atoms with E-state index in [2.05, 4.69) is 35.1 Å². The first kappa shape index (κ1) is 13.3. The number of rotatable bonds is 5. The molecule has 102 valence electrons. The largest absolute Gasteiger partial charge is 0.309 e. The number of hydrogen-bond acceptors (Lipinski definition) is 3.